The van der Waals surface area contributed by atoms with Crippen LogP contribution in [-0.4, -0.2) is 69.0 Å². The summed E-state index contributed by atoms with van der Waals surface area (Å²) in [6.45, 7) is 1.08. The van der Waals surface area contributed by atoms with Gasteiger partial charge >= 0.3 is 0 Å². The van der Waals surface area contributed by atoms with Crippen LogP contribution in [0.5, 0.6) is 5.88 Å². The molecule has 2 aromatic rings. The second-order valence-electron chi connectivity index (χ2n) is 8.95. The summed E-state index contributed by atoms with van der Waals surface area (Å²) in [7, 11) is 1.62. The molecule has 10 heteroatoms. The summed E-state index contributed by atoms with van der Waals surface area (Å²) in [5, 5.41) is 16.2. The largest absolute Gasteiger partial charge is 0.481 e. The highest BCUT2D eigenvalue weighted by molar-refractivity contribution is 5.45. The van der Waals surface area contributed by atoms with Crippen LogP contribution in [0.2, 0.25) is 0 Å². The normalized spacial score (nSPS) is 29.8. The molecule has 0 aromatic carbocycles. The van der Waals surface area contributed by atoms with Gasteiger partial charge < -0.3 is 20.5 Å². The minimum absolute atomic E-state index is 0.0214. The lowest BCUT2D eigenvalue weighted by atomic mass is 9.97. The summed E-state index contributed by atoms with van der Waals surface area (Å²) in [6.07, 6.45) is 9.13. The van der Waals surface area contributed by atoms with Crippen molar-refractivity contribution in [2.24, 2.45) is 0 Å². The maximum Gasteiger partial charge on any atom is 0.228 e. The van der Waals surface area contributed by atoms with Gasteiger partial charge in [0.25, 0.3) is 0 Å². The van der Waals surface area contributed by atoms with Crippen LogP contribution < -0.4 is 26.2 Å². The van der Waals surface area contributed by atoms with Crippen LogP contribution in [0.25, 0.3) is 0 Å². The van der Waals surface area contributed by atoms with Crippen molar-refractivity contribution in [1.29, 1.82) is 0 Å². The summed E-state index contributed by atoms with van der Waals surface area (Å²) in [4.78, 5) is 16.0. The van der Waals surface area contributed by atoms with Crippen molar-refractivity contribution in [3.8, 4) is 5.88 Å². The molecule has 10 nitrogen and oxygen atoms in total. The number of pyridine rings is 1. The standard InChI is InChI=1S/C22H32N8O2/c1-32-21-11-19(25-20-10-16(13-31)28-29-20)26-22(27-21)24-15-8-17-2-3-18(9-15)30(17)12-14-4-6-23-7-5-14/h4-7,11,15-18,20,28-29,31H,2-3,8-10,12-13H2,1H3,(H2,24,25,26,27)/t15?,16?,17-,18+,20?. The molecular formula is C22H32N8O2. The van der Waals surface area contributed by atoms with Gasteiger partial charge in [-0.15, -0.1) is 0 Å². The van der Waals surface area contributed by atoms with E-state index in [1.807, 2.05) is 12.4 Å². The number of aromatic nitrogens is 3. The highest BCUT2D eigenvalue weighted by Crippen LogP contribution is 2.37. The Kier molecular flexibility index (Phi) is 6.35. The van der Waals surface area contributed by atoms with Gasteiger partial charge in [-0.1, -0.05) is 0 Å². The second kappa shape index (κ2) is 9.53. The quantitative estimate of drug-likeness (QED) is 0.408. The first-order chi connectivity index (χ1) is 15.7. The minimum atomic E-state index is -0.0214. The third-order valence-electron chi connectivity index (χ3n) is 6.77. The predicted octanol–water partition coefficient (Wildman–Crippen LogP) is 1.08. The molecule has 0 amide bonds. The number of rotatable bonds is 8. The first-order valence-corrected chi connectivity index (χ1v) is 11.4. The zero-order chi connectivity index (χ0) is 21.9. The van der Waals surface area contributed by atoms with Gasteiger partial charge in [-0.05, 0) is 43.4 Å². The van der Waals surface area contributed by atoms with Crippen LogP contribution in [0.15, 0.2) is 30.6 Å². The lowest BCUT2D eigenvalue weighted by molar-refractivity contribution is 0.124. The maximum absolute atomic E-state index is 9.32. The van der Waals surface area contributed by atoms with Crippen LogP contribution in [0.3, 0.4) is 0 Å². The summed E-state index contributed by atoms with van der Waals surface area (Å²) >= 11 is 0. The number of hydrogen-bond acceptors (Lipinski definition) is 10. The van der Waals surface area contributed by atoms with E-state index in [0.29, 0.717) is 35.8 Å². The van der Waals surface area contributed by atoms with Gasteiger partial charge in [0, 0.05) is 55.6 Å². The lowest BCUT2D eigenvalue weighted by Crippen LogP contribution is -2.46. The molecule has 32 heavy (non-hydrogen) atoms. The van der Waals surface area contributed by atoms with Crippen LogP contribution in [0.4, 0.5) is 11.8 Å². The van der Waals surface area contributed by atoms with Gasteiger partial charge in [0.2, 0.25) is 11.8 Å². The molecule has 3 fully saturated rings. The van der Waals surface area contributed by atoms with Gasteiger partial charge in [0.1, 0.15) is 5.82 Å². The average molecular weight is 441 g/mol. The van der Waals surface area contributed by atoms with E-state index in [0.717, 1.165) is 25.8 Å². The fourth-order valence-corrected chi connectivity index (χ4v) is 5.21. The second-order valence-corrected chi connectivity index (χ2v) is 8.95. The molecule has 3 aliphatic heterocycles. The number of nitrogens with zero attached hydrogens (tertiary/aromatic N) is 4. The van der Waals surface area contributed by atoms with Gasteiger partial charge in [0.15, 0.2) is 0 Å². The van der Waals surface area contributed by atoms with E-state index in [4.69, 9.17) is 4.74 Å². The molecule has 2 aromatic heterocycles. The Balaban J connectivity index is 1.23. The Bertz CT molecular complexity index is 887. The molecule has 2 bridgehead atoms. The van der Waals surface area contributed by atoms with Crippen LogP contribution >= 0.6 is 0 Å². The molecule has 0 aliphatic carbocycles. The topological polar surface area (TPSA) is 119 Å². The van der Waals surface area contributed by atoms with E-state index < -0.39 is 0 Å². The number of anilines is 2. The van der Waals surface area contributed by atoms with E-state index in [1.165, 1.54) is 18.4 Å². The number of aliphatic hydroxyl groups excluding tert-OH is 1. The number of ether oxygens (including phenoxy) is 1. The molecule has 0 radical (unpaired) electrons. The number of hydrazine groups is 1. The van der Waals surface area contributed by atoms with Gasteiger partial charge in [0.05, 0.1) is 19.9 Å². The van der Waals surface area contributed by atoms with Crippen LogP contribution in [0, 0.1) is 0 Å². The molecule has 5 rings (SSSR count). The Labute approximate surface area is 188 Å². The molecule has 3 aliphatic rings. The maximum atomic E-state index is 9.32. The van der Waals surface area contributed by atoms with Crippen molar-refractivity contribution in [3.63, 3.8) is 0 Å². The van der Waals surface area contributed by atoms with E-state index in [9.17, 15) is 5.11 Å². The van der Waals surface area contributed by atoms with Crippen LogP contribution in [0.1, 0.15) is 37.7 Å². The zero-order valence-corrected chi connectivity index (χ0v) is 18.4. The third-order valence-corrected chi connectivity index (χ3v) is 6.77. The molecule has 0 saturated carbocycles. The number of aliphatic hydroxyl groups is 1. The van der Waals surface area contributed by atoms with E-state index in [2.05, 4.69) is 53.5 Å². The molecule has 172 valence electrons. The SMILES string of the molecule is COc1cc(NC2CC(CO)NN2)nc(NC2C[C@H]3CC[C@@H](C2)N3Cc2ccncc2)n1. The van der Waals surface area contributed by atoms with Crippen molar-refractivity contribution in [2.75, 3.05) is 24.4 Å². The highest BCUT2D eigenvalue weighted by Gasteiger charge is 2.40. The molecule has 3 unspecified atom stereocenters. The van der Waals surface area contributed by atoms with Crippen molar-refractivity contribution >= 4 is 11.8 Å². The lowest BCUT2D eigenvalue weighted by Gasteiger charge is -2.39. The summed E-state index contributed by atoms with van der Waals surface area (Å²) in [5.74, 6) is 1.80. The van der Waals surface area contributed by atoms with Crippen molar-refractivity contribution in [2.45, 2.75) is 69.0 Å². The monoisotopic (exact) mass is 440 g/mol. The molecular weight excluding hydrogens is 408 g/mol. The van der Waals surface area contributed by atoms with Crippen LogP contribution in [-0.2, 0) is 6.54 Å². The average Bonchev–Trinajstić information content (AvgIpc) is 3.35. The number of nitrogens with one attached hydrogen (secondary N) is 4. The summed E-state index contributed by atoms with van der Waals surface area (Å²) in [6, 6.07) is 7.53. The van der Waals surface area contributed by atoms with Crippen molar-refractivity contribution in [3.05, 3.63) is 36.2 Å². The Hall–Kier alpha value is -2.53. The Morgan fingerprint density at radius 2 is 1.88 bits per heavy atom. The number of hydrogen-bond donors (Lipinski definition) is 5. The molecule has 0 spiro atoms. The van der Waals surface area contributed by atoms with Crippen molar-refractivity contribution in [1.82, 2.24) is 30.7 Å². The molecule has 5 atom stereocenters. The Morgan fingerprint density at radius 1 is 1.09 bits per heavy atom. The molecule has 3 saturated heterocycles. The predicted molar refractivity (Wildman–Crippen MR) is 121 cm³/mol. The first-order valence-electron chi connectivity index (χ1n) is 11.4. The number of fused-ring (bicyclic) bond motifs is 2. The minimum Gasteiger partial charge on any atom is -0.481 e. The van der Waals surface area contributed by atoms with Gasteiger partial charge in [-0.2, -0.15) is 9.97 Å². The molecule has 5 heterocycles. The van der Waals surface area contributed by atoms with Crippen molar-refractivity contribution < 1.29 is 9.84 Å². The zero-order valence-electron chi connectivity index (χ0n) is 18.4. The fourth-order valence-electron chi connectivity index (χ4n) is 5.21. The summed E-state index contributed by atoms with van der Waals surface area (Å²) < 4.78 is 5.41. The number of methoxy groups -OCH3 is 1. The highest BCUT2D eigenvalue weighted by atomic mass is 16.5. The van der Waals surface area contributed by atoms with E-state index >= 15 is 0 Å². The van der Waals surface area contributed by atoms with E-state index in [1.54, 1.807) is 13.2 Å². The summed E-state index contributed by atoms with van der Waals surface area (Å²) in [5.41, 5.74) is 7.53. The van der Waals surface area contributed by atoms with E-state index in [-0.39, 0.29) is 18.8 Å². The van der Waals surface area contributed by atoms with Gasteiger partial charge in [-0.25, -0.2) is 5.43 Å². The fraction of sp³-hybridized carbons (Fsp3) is 0.591. The first kappa shape index (κ1) is 21.3. The number of piperidine rings is 1. The third kappa shape index (κ3) is 4.78. The Morgan fingerprint density at radius 3 is 2.56 bits per heavy atom. The van der Waals surface area contributed by atoms with Gasteiger partial charge in [-0.3, -0.25) is 15.3 Å². The molecule has 5 N–H and O–H groups in total. The smallest absolute Gasteiger partial charge is 0.228 e.